The lowest BCUT2D eigenvalue weighted by atomic mass is 10.2. The quantitative estimate of drug-likeness (QED) is 0.604. The molecular weight excluding hydrogens is 288 g/mol. The second kappa shape index (κ2) is 7.08. The monoisotopic (exact) mass is 304 g/mol. The molecule has 0 aliphatic carbocycles. The van der Waals surface area contributed by atoms with E-state index in [2.05, 4.69) is 9.97 Å². The maximum Gasteiger partial charge on any atom is 0.246 e. The van der Waals surface area contributed by atoms with Crippen LogP contribution < -0.4 is 9.47 Å². The number of ketones is 1. The lowest BCUT2D eigenvalue weighted by Gasteiger charge is -2.07. The van der Waals surface area contributed by atoms with Gasteiger partial charge in [-0.25, -0.2) is 4.98 Å². The molecular formula is C15H16N2O3S. The van der Waals surface area contributed by atoms with Gasteiger partial charge in [-0.3, -0.25) is 4.79 Å². The molecule has 5 nitrogen and oxygen atoms in total. The van der Waals surface area contributed by atoms with Crippen molar-refractivity contribution in [3.63, 3.8) is 0 Å². The molecule has 0 N–H and O–H groups in total. The third-order valence-corrected chi connectivity index (χ3v) is 3.74. The van der Waals surface area contributed by atoms with Gasteiger partial charge < -0.3 is 9.47 Å². The summed E-state index contributed by atoms with van der Waals surface area (Å²) in [7, 11) is 2.94. The molecule has 1 aromatic carbocycles. The highest BCUT2D eigenvalue weighted by molar-refractivity contribution is 8.00. The topological polar surface area (TPSA) is 61.3 Å². The van der Waals surface area contributed by atoms with Crippen molar-refractivity contribution in [1.29, 1.82) is 0 Å². The first kappa shape index (κ1) is 15.3. The predicted octanol–water partition coefficient (Wildman–Crippen LogP) is 2.78. The molecule has 0 atom stereocenters. The Balaban J connectivity index is 2.10. The summed E-state index contributed by atoms with van der Waals surface area (Å²) in [6.45, 7) is 2.02. The number of Topliss-reactive ketones (excluding diaryl/α,β-unsaturated/α-hetero) is 1. The Morgan fingerprint density at radius 1 is 1.29 bits per heavy atom. The van der Waals surface area contributed by atoms with Crippen LogP contribution in [0.5, 0.6) is 11.8 Å². The van der Waals surface area contributed by atoms with Gasteiger partial charge >= 0.3 is 0 Å². The zero-order chi connectivity index (χ0) is 15.2. The molecule has 1 heterocycles. The lowest BCUT2D eigenvalue weighted by molar-refractivity contribution is 0.101. The second-order valence-corrected chi connectivity index (χ2v) is 5.35. The molecule has 0 saturated heterocycles. The van der Waals surface area contributed by atoms with Gasteiger partial charge in [0.25, 0.3) is 0 Å². The van der Waals surface area contributed by atoms with E-state index in [0.717, 1.165) is 10.5 Å². The average Bonchev–Trinajstić information content (AvgIpc) is 2.52. The molecule has 0 fully saturated rings. The van der Waals surface area contributed by atoms with Crippen molar-refractivity contribution in [3.8, 4) is 11.8 Å². The van der Waals surface area contributed by atoms with Gasteiger partial charge in [-0.15, -0.1) is 11.8 Å². The van der Waals surface area contributed by atoms with Crippen LogP contribution in [0.2, 0.25) is 0 Å². The minimum Gasteiger partial charge on any atom is -0.480 e. The Morgan fingerprint density at radius 3 is 2.76 bits per heavy atom. The van der Waals surface area contributed by atoms with E-state index in [-0.39, 0.29) is 23.1 Å². The van der Waals surface area contributed by atoms with Crippen LogP contribution in [0.1, 0.15) is 16.1 Å². The molecule has 110 valence electrons. The molecule has 0 spiro atoms. The first-order valence-corrected chi connectivity index (χ1v) is 7.30. The maximum absolute atomic E-state index is 12.2. The lowest BCUT2D eigenvalue weighted by Crippen LogP contribution is -2.09. The van der Waals surface area contributed by atoms with Crippen molar-refractivity contribution < 1.29 is 14.3 Å². The Kier molecular flexibility index (Phi) is 5.16. The molecule has 6 heteroatoms. The van der Waals surface area contributed by atoms with Crippen molar-refractivity contribution in [2.45, 2.75) is 11.8 Å². The van der Waals surface area contributed by atoms with Gasteiger partial charge in [-0.1, -0.05) is 17.7 Å². The summed E-state index contributed by atoms with van der Waals surface area (Å²) in [5.41, 5.74) is 1.38. The molecule has 0 saturated carbocycles. The van der Waals surface area contributed by atoms with Gasteiger partial charge in [-0.2, -0.15) is 4.98 Å². The minimum atomic E-state index is -0.131. The van der Waals surface area contributed by atoms with Crippen molar-refractivity contribution in [1.82, 2.24) is 9.97 Å². The van der Waals surface area contributed by atoms with Crippen LogP contribution >= 0.6 is 11.8 Å². The number of aryl methyl sites for hydroxylation is 1. The molecule has 0 radical (unpaired) electrons. The van der Waals surface area contributed by atoms with E-state index in [1.165, 1.54) is 32.2 Å². The number of benzene rings is 1. The standard InChI is InChI=1S/C15H16N2O3S/c1-10-5-4-6-11(7-10)21-9-12(18)14-15(20-3)17-13(19-2)8-16-14/h4-8H,9H2,1-3H3. The molecule has 0 unspecified atom stereocenters. The van der Waals surface area contributed by atoms with E-state index >= 15 is 0 Å². The summed E-state index contributed by atoms with van der Waals surface area (Å²) in [6, 6.07) is 8.00. The van der Waals surface area contributed by atoms with Crippen LogP contribution in [0.4, 0.5) is 0 Å². The Bertz CT molecular complexity index is 647. The number of ether oxygens (including phenoxy) is 2. The van der Waals surface area contributed by atoms with E-state index in [1.54, 1.807) is 0 Å². The highest BCUT2D eigenvalue weighted by Gasteiger charge is 2.17. The van der Waals surface area contributed by atoms with Gasteiger partial charge in [0.1, 0.15) is 0 Å². The van der Waals surface area contributed by atoms with Crippen LogP contribution in [-0.2, 0) is 0 Å². The number of hydrogen-bond acceptors (Lipinski definition) is 6. The Labute approximate surface area is 127 Å². The number of thioether (sulfide) groups is 1. The Hall–Kier alpha value is -2.08. The smallest absolute Gasteiger partial charge is 0.246 e. The van der Waals surface area contributed by atoms with E-state index in [0.29, 0.717) is 5.88 Å². The number of methoxy groups -OCH3 is 2. The first-order valence-electron chi connectivity index (χ1n) is 6.31. The van der Waals surface area contributed by atoms with Crippen LogP contribution in [0, 0.1) is 6.92 Å². The number of hydrogen-bond donors (Lipinski definition) is 0. The summed E-state index contributed by atoms with van der Waals surface area (Å²) >= 11 is 1.46. The fourth-order valence-electron chi connectivity index (χ4n) is 1.71. The number of aromatic nitrogens is 2. The summed E-state index contributed by atoms with van der Waals surface area (Å²) in [5.74, 6) is 0.647. The van der Waals surface area contributed by atoms with Crippen molar-refractivity contribution in [2.75, 3.05) is 20.0 Å². The highest BCUT2D eigenvalue weighted by Crippen LogP contribution is 2.23. The number of carbonyl (C=O) groups is 1. The van der Waals surface area contributed by atoms with Crippen LogP contribution in [0.3, 0.4) is 0 Å². The van der Waals surface area contributed by atoms with Gasteiger partial charge in [-0.05, 0) is 19.1 Å². The summed E-state index contributed by atoms with van der Waals surface area (Å²) < 4.78 is 10.1. The largest absolute Gasteiger partial charge is 0.480 e. The van der Waals surface area contributed by atoms with E-state index in [4.69, 9.17) is 9.47 Å². The van der Waals surface area contributed by atoms with Crippen molar-refractivity contribution in [2.24, 2.45) is 0 Å². The summed E-state index contributed by atoms with van der Waals surface area (Å²) in [4.78, 5) is 21.4. The molecule has 21 heavy (non-hydrogen) atoms. The zero-order valence-corrected chi connectivity index (χ0v) is 12.9. The van der Waals surface area contributed by atoms with E-state index in [9.17, 15) is 4.79 Å². The molecule has 0 bridgehead atoms. The van der Waals surface area contributed by atoms with Crippen LogP contribution in [0.25, 0.3) is 0 Å². The van der Waals surface area contributed by atoms with Crippen molar-refractivity contribution >= 4 is 17.5 Å². The molecule has 0 aliphatic rings. The maximum atomic E-state index is 12.2. The number of carbonyl (C=O) groups excluding carboxylic acids is 1. The number of rotatable bonds is 6. The third-order valence-electron chi connectivity index (χ3n) is 2.74. The average molecular weight is 304 g/mol. The van der Waals surface area contributed by atoms with Crippen LogP contribution in [0.15, 0.2) is 35.4 Å². The van der Waals surface area contributed by atoms with Gasteiger partial charge in [0, 0.05) is 4.90 Å². The fourth-order valence-corrected chi connectivity index (χ4v) is 2.59. The highest BCUT2D eigenvalue weighted by atomic mass is 32.2. The minimum absolute atomic E-state index is 0.131. The SMILES string of the molecule is COc1cnc(C(=O)CSc2cccc(C)c2)c(OC)n1. The van der Waals surface area contributed by atoms with Crippen molar-refractivity contribution in [3.05, 3.63) is 41.7 Å². The molecule has 1 aromatic heterocycles. The summed E-state index contributed by atoms with van der Waals surface area (Å²) in [5, 5.41) is 0. The van der Waals surface area contributed by atoms with Crippen LogP contribution in [-0.4, -0.2) is 35.7 Å². The van der Waals surface area contributed by atoms with Gasteiger partial charge in [0.15, 0.2) is 11.5 Å². The molecule has 2 aromatic rings. The van der Waals surface area contributed by atoms with Gasteiger partial charge in [0.05, 0.1) is 26.2 Å². The third kappa shape index (κ3) is 3.95. The number of nitrogens with zero attached hydrogens (tertiary/aromatic N) is 2. The normalized spacial score (nSPS) is 10.2. The fraction of sp³-hybridized carbons (Fsp3) is 0.267. The van der Waals surface area contributed by atoms with E-state index < -0.39 is 0 Å². The van der Waals surface area contributed by atoms with E-state index in [1.807, 2.05) is 31.2 Å². The predicted molar refractivity (Wildman–Crippen MR) is 81.4 cm³/mol. The Morgan fingerprint density at radius 2 is 2.10 bits per heavy atom. The molecule has 0 amide bonds. The molecule has 2 rings (SSSR count). The summed E-state index contributed by atoms with van der Waals surface area (Å²) in [6.07, 6.45) is 1.41. The first-order chi connectivity index (χ1) is 10.1. The zero-order valence-electron chi connectivity index (χ0n) is 12.1. The second-order valence-electron chi connectivity index (χ2n) is 4.30. The van der Waals surface area contributed by atoms with Gasteiger partial charge in [0.2, 0.25) is 11.8 Å². The molecule has 0 aliphatic heterocycles.